The molecule has 0 saturated heterocycles. The van der Waals surface area contributed by atoms with Crippen LogP contribution in [-0.4, -0.2) is 17.3 Å². The first kappa shape index (κ1) is 11.4. The van der Waals surface area contributed by atoms with E-state index in [9.17, 15) is 9.50 Å². The molecule has 0 heterocycles. The molecule has 1 aromatic carbocycles. The lowest BCUT2D eigenvalue weighted by Gasteiger charge is -2.36. The second kappa shape index (κ2) is 4.83. The number of para-hydroxylation sites is 1. The van der Waals surface area contributed by atoms with Crippen LogP contribution in [0.5, 0.6) is 5.75 Å². The number of hydrogen-bond acceptors (Lipinski definition) is 2. The van der Waals surface area contributed by atoms with E-state index in [1.165, 1.54) is 12.5 Å². The Hall–Kier alpha value is -1.09. The lowest BCUT2D eigenvalue weighted by Crippen LogP contribution is -2.42. The highest BCUT2D eigenvalue weighted by atomic mass is 19.1. The zero-order chi connectivity index (χ0) is 11.4. The maximum atomic E-state index is 13.4. The number of rotatable bonds is 3. The molecule has 1 aliphatic carbocycles. The standard InChI is InChI=1S/C13H17FO2/c14-11-6-2-3-7-12(11)16-13(10-15)8-4-1-5-9-13/h2-3,6-7,15H,1,4-5,8-10H2. The maximum Gasteiger partial charge on any atom is 0.165 e. The Balaban J connectivity index is 2.15. The SMILES string of the molecule is OCC1(Oc2ccccc2F)CCCCC1. The van der Waals surface area contributed by atoms with E-state index in [1.807, 2.05) is 0 Å². The highest BCUT2D eigenvalue weighted by Crippen LogP contribution is 2.33. The van der Waals surface area contributed by atoms with Crippen LogP contribution in [0.25, 0.3) is 0 Å². The molecule has 3 heteroatoms. The highest BCUT2D eigenvalue weighted by molar-refractivity contribution is 5.24. The van der Waals surface area contributed by atoms with Gasteiger partial charge in [-0.05, 0) is 37.8 Å². The van der Waals surface area contributed by atoms with Gasteiger partial charge in [0, 0.05) is 0 Å². The second-order valence-electron chi connectivity index (χ2n) is 4.43. The number of aliphatic hydroxyl groups is 1. The molecule has 16 heavy (non-hydrogen) atoms. The van der Waals surface area contributed by atoms with Crippen LogP contribution < -0.4 is 4.74 Å². The normalized spacial score (nSPS) is 19.4. The third-order valence-electron chi connectivity index (χ3n) is 3.22. The number of ether oxygens (including phenoxy) is 1. The fourth-order valence-electron chi connectivity index (χ4n) is 2.25. The Morgan fingerprint density at radius 2 is 1.88 bits per heavy atom. The predicted molar refractivity (Wildman–Crippen MR) is 59.9 cm³/mol. The second-order valence-corrected chi connectivity index (χ2v) is 4.43. The van der Waals surface area contributed by atoms with E-state index in [-0.39, 0.29) is 18.2 Å². The average Bonchev–Trinajstić information content (AvgIpc) is 2.33. The Morgan fingerprint density at radius 1 is 1.19 bits per heavy atom. The molecule has 0 aromatic heterocycles. The van der Waals surface area contributed by atoms with Crippen molar-refractivity contribution >= 4 is 0 Å². The smallest absolute Gasteiger partial charge is 0.165 e. The molecule has 0 bridgehead atoms. The quantitative estimate of drug-likeness (QED) is 0.855. The first-order valence-corrected chi connectivity index (χ1v) is 5.80. The van der Waals surface area contributed by atoms with Crippen molar-refractivity contribution in [1.29, 1.82) is 0 Å². The summed E-state index contributed by atoms with van der Waals surface area (Å²) >= 11 is 0. The molecular formula is C13H17FO2. The zero-order valence-electron chi connectivity index (χ0n) is 9.29. The highest BCUT2D eigenvalue weighted by Gasteiger charge is 2.34. The van der Waals surface area contributed by atoms with E-state index in [4.69, 9.17) is 4.74 Å². The fraction of sp³-hybridized carbons (Fsp3) is 0.538. The monoisotopic (exact) mass is 224 g/mol. The van der Waals surface area contributed by atoms with Crippen molar-refractivity contribution in [3.8, 4) is 5.75 Å². The molecule has 1 aromatic rings. The van der Waals surface area contributed by atoms with Gasteiger partial charge in [-0.2, -0.15) is 0 Å². The van der Waals surface area contributed by atoms with Crippen LogP contribution in [0.15, 0.2) is 24.3 Å². The van der Waals surface area contributed by atoms with Crippen molar-refractivity contribution in [3.05, 3.63) is 30.1 Å². The van der Waals surface area contributed by atoms with Crippen molar-refractivity contribution in [2.45, 2.75) is 37.7 Å². The summed E-state index contributed by atoms with van der Waals surface area (Å²) in [7, 11) is 0. The number of hydrogen-bond donors (Lipinski definition) is 1. The van der Waals surface area contributed by atoms with Crippen molar-refractivity contribution in [2.75, 3.05) is 6.61 Å². The Labute approximate surface area is 95.1 Å². The molecule has 1 N–H and O–H groups in total. The van der Waals surface area contributed by atoms with Gasteiger partial charge in [0.2, 0.25) is 0 Å². The van der Waals surface area contributed by atoms with E-state index in [1.54, 1.807) is 18.2 Å². The van der Waals surface area contributed by atoms with Gasteiger partial charge in [0.1, 0.15) is 5.60 Å². The predicted octanol–water partition coefficient (Wildman–Crippen LogP) is 2.90. The average molecular weight is 224 g/mol. The Bertz CT molecular complexity index is 346. The Kier molecular flexibility index (Phi) is 3.44. The number of benzene rings is 1. The van der Waals surface area contributed by atoms with Crippen LogP contribution >= 0.6 is 0 Å². The van der Waals surface area contributed by atoms with E-state index in [0.717, 1.165) is 25.7 Å². The van der Waals surface area contributed by atoms with Crippen LogP contribution in [0.2, 0.25) is 0 Å². The molecule has 0 spiro atoms. The molecule has 2 nitrogen and oxygen atoms in total. The molecule has 0 amide bonds. The molecular weight excluding hydrogens is 207 g/mol. The minimum absolute atomic E-state index is 0.0403. The summed E-state index contributed by atoms with van der Waals surface area (Å²) in [6.07, 6.45) is 4.85. The summed E-state index contributed by atoms with van der Waals surface area (Å²) in [4.78, 5) is 0. The molecule has 1 saturated carbocycles. The van der Waals surface area contributed by atoms with Crippen molar-refractivity contribution < 1.29 is 14.2 Å². The van der Waals surface area contributed by atoms with E-state index < -0.39 is 5.60 Å². The van der Waals surface area contributed by atoms with Gasteiger partial charge in [0.05, 0.1) is 6.61 Å². The van der Waals surface area contributed by atoms with Crippen LogP contribution in [0.3, 0.4) is 0 Å². The summed E-state index contributed by atoms with van der Waals surface area (Å²) in [6.45, 7) is -0.0403. The van der Waals surface area contributed by atoms with Crippen LogP contribution in [0.4, 0.5) is 4.39 Å². The van der Waals surface area contributed by atoms with Crippen molar-refractivity contribution in [2.24, 2.45) is 0 Å². The van der Waals surface area contributed by atoms with Gasteiger partial charge in [-0.15, -0.1) is 0 Å². The molecule has 88 valence electrons. The molecule has 1 aliphatic rings. The van der Waals surface area contributed by atoms with Gasteiger partial charge in [-0.1, -0.05) is 18.6 Å². The van der Waals surface area contributed by atoms with E-state index >= 15 is 0 Å². The molecule has 2 rings (SSSR count). The molecule has 0 radical (unpaired) electrons. The van der Waals surface area contributed by atoms with Crippen LogP contribution in [0, 0.1) is 5.82 Å². The zero-order valence-corrected chi connectivity index (χ0v) is 9.29. The van der Waals surface area contributed by atoms with Crippen LogP contribution in [-0.2, 0) is 0 Å². The lowest BCUT2D eigenvalue weighted by molar-refractivity contribution is -0.0222. The van der Waals surface area contributed by atoms with Crippen LogP contribution in [0.1, 0.15) is 32.1 Å². The fourth-order valence-corrected chi connectivity index (χ4v) is 2.25. The molecule has 1 fully saturated rings. The lowest BCUT2D eigenvalue weighted by atomic mass is 9.85. The Morgan fingerprint density at radius 3 is 2.50 bits per heavy atom. The minimum atomic E-state index is -0.569. The van der Waals surface area contributed by atoms with E-state index in [2.05, 4.69) is 0 Å². The molecule has 0 unspecified atom stereocenters. The van der Waals surface area contributed by atoms with Gasteiger partial charge in [0.15, 0.2) is 11.6 Å². The van der Waals surface area contributed by atoms with Gasteiger partial charge in [-0.3, -0.25) is 0 Å². The summed E-state index contributed by atoms with van der Waals surface area (Å²) in [5.41, 5.74) is -0.569. The first-order chi connectivity index (χ1) is 7.76. The third-order valence-corrected chi connectivity index (χ3v) is 3.22. The summed E-state index contributed by atoms with van der Waals surface area (Å²) < 4.78 is 19.1. The summed E-state index contributed by atoms with van der Waals surface area (Å²) in [6, 6.07) is 6.37. The van der Waals surface area contributed by atoms with Gasteiger partial charge in [0.25, 0.3) is 0 Å². The summed E-state index contributed by atoms with van der Waals surface area (Å²) in [5, 5.41) is 9.45. The summed E-state index contributed by atoms with van der Waals surface area (Å²) in [5.74, 6) is -0.112. The minimum Gasteiger partial charge on any atom is -0.482 e. The largest absolute Gasteiger partial charge is 0.482 e. The van der Waals surface area contributed by atoms with Crippen molar-refractivity contribution in [3.63, 3.8) is 0 Å². The van der Waals surface area contributed by atoms with Crippen molar-refractivity contribution in [1.82, 2.24) is 0 Å². The molecule has 0 atom stereocenters. The topological polar surface area (TPSA) is 29.5 Å². The van der Waals surface area contributed by atoms with E-state index in [0.29, 0.717) is 0 Å². The first-order valence-electron chi connectivity index (χ1n) is 5.80. The molecule has 0 aliphatic heterocycles. The van der Waals surface area contributed by atoms with Gasteiger partial charge < -0.3 is 9.84 Å². The maximum absolute atomic E-state index is 13.4. The number of aliphatic hydroxyl groups excluding tert-OH is 1. The number of halogens is 1. The third kappa shape index (κ3) is 2.35. The van der Waals surface area contributed by atoms with Gasteiger partial charge in [-0.25, -0.2) is 4.39 Å². The van der Waals surface area contributed by atoms with Gasteiger partial charge >= 0.3 is 0 Å².